The number of hydrogen-bond acceptors (Lipinski definition) is 7. The Bertz CT molecular complexity index is 1050. The van der Waals surface area contributed by atoms with Crippen molar-refractivity contribution < 1.29 is 19.0 Å². The number of carbonyl (C=O) groups is 1. The SMILES string of the molecule is COc1cc(NC(=O)c2nc3ccccc3nc2N2CCCC2)cc(OC)c1OC. The lowest BCUT2D eigenvalue weighted by atomic mass is 10.2. The van der Waals surface area contributed by atoms with Crippen molar-refractivity contribution in [2.45, 2.75) is 12.8 Å². The van der Waals surface area contributed by atoms with Gasteiger partial charge in [0.2, 0.25) is 5.75 Å². The highest BCUT2D eigenvalue weighted by atomic mass is 16.5. The van der Waals surface area contributed by atoms with Gasteiger partial charge in [0.05, 0.1) is 32.4 Å². The van der Waals surface area contributed by atoms with E-state index in [1.165, 1.54) is 21.3 Å². The zero-order chi connectivity index (χ0) is 21.1. The summed E-state index contributed by atoms with van der Waals surface area (Å²) in [6, 6.07) is 10.9. The minimum Gasteiger partial charge on any atom is -0.493 e. The van der Waals surface area contributed by atoms with Crippen molar-refractivity contribution in [3.63, 3.8) is 0 Å². The summed E-state index contributed by atoms with van der Waals surface area (Å²) in [7, 11) is 4.60. The maximum Gasteiger partial charge on any atom is 0.278 e. The fourth-order valence-electron chi connectivity index (χ4n) is 3.64. The number of para-hydroxylation sites is 2. The Hall–Kier alpha value is -3.55. The zero-order valence-electron chi connectivity index (χ0n) is 17.3. The van der Waals surface area contributed by atoms with Crippen molar-refractivity contribution in [2.24, 2.45) is 0 Å². The van der Waals surface area contributed by atoms with E-state index in [-0.39, 0.29) is 5.91 Å². The third-order valence-electron chi connectivity index (χ3n) is 5.10. The highest BCUT2D eigenvalue weighted by molar-refractivity contribution is 6.07. The van der Waals surface area contributed by atoms with E-state index in [0.717, 1.165) is 31.4 Å². The molecule has 156 valence electrons. The van der Waals surface area contributed by atoms with E-state index in [2.05, 4.69) is 15.2 Å². The minimum atomic E-state index is -0.343. The average Bonchev–Trinajstić information content (AvgIpc) is 3.32. The molecular formula is C22H24N4O4. The number of carbonyl (C=O) groups excluding carboxylic acids is 1. The van der Waals surface area contributed by atoms with E-state index in [0.29, 0.717) is 40.0 Å². The van der Waals surface area contributed by atoms with Crippen LogP contribution in [0.4, 0.5) is 11.5 Å². The summed E-state index contributed by atoms with van der Waals surface area (Å²) in [6.45, 7) is 1.72. The van der Waals surface area contributed by atoms with Gasteiger partial charge in [0, 0.05) is 30.9 Å². The molecule has 0 spiro atoms. The van der Waals surface area contributed by atoms with Crippen LogP contribution in [0.3, 0.4) is 0 Å². The monoisotopic (exact) mass is 408 g/mol. The minimum absolute atomic E-state index is 0.296. The first-order valence-electron chi connectivity index (χ1n) is 9.77. The quantitative estimate of drug-likeness (QED) is 0.668. The molecule has 8 nitrogen and oxygen atoms in total. The third-order valence-corrected chi connectivity index (χ3v) is 5.10. The van der Waals surface area contributed by atoms with E-state index >= 15 is 0 Å². The van der Waals surface area contributed by atoms with E-state index in [4.69, 9.17) is 19.2 Å². The molecule has 1 saturated heterocycles. The molecule has 2 heterocycles. The van der Waals surface area contributed by atoms with E-state index in [1.54, 1.807) is 12.1 Å². The molecule has 0 bridgehead atoms. The van der Waals surface area contributed by atoms with Crippen molar-refractivity contribution in [1.29, 1.82) is 0 Å². The van der Waals surface area contributed by atoms with Crippen LogP contribution in [0.15, 0.2) is 36.4 Å². The summed E-state index contributed by atoms with van der Waals surface area (Å²) < 4.78 is 16.1. The smallest absolute Gasteiger partial charge is 0.278 e. The van der Waals surface area contributed by atoms with Crippen LogP contribution in [-0.2, 0) is 0 Å². The molecule has 0 unspecified atom stereocenters. The topological polar surface area (TPSA) is 85.8 Å². The lowest BCUT2D eigenvalue weighted by Crippen LogP contribution is -2.25. The van der Waals surface area contributed by atoms with Crippen LogP contribution in [0.1, 0.15) is 23.3 Å². The van der Waals surface area contributed by atoms with Gasteiger partial charge in [0.25, 0.3) is 5.91 Å². The molecule has 1 aromatic heterocycles. The van der Waals surface area contributed by atoms with Crippen molar-refractivity contribution in [2.75, 3.05) is 44.6 Å². The molecule has 0 atom stereocenters. The average molecular weight is 408 g/mol. The number of methoxy groups -OCH3 is 3. The Kier molecular flexibility index (Phi) is 5.56. The number of benzene rings is 2. The Labute approximate surface area is 174 Å². The summed E-state index contributed by atoms with van der Waals surface area (Å²) in [4.78, 5) is 24.7. The van der Waals surface area contributed by atoms with Crippen LogP contribution in [0.25, 0.3) is 11.0 Å². The molecule has 8 heteroatoms. The third kappa shape index (κ3) is 3.68. The summed E-state index contributed by atoms with van der Waals surface area (Å²) in [5.74, 6) is 1.63. The molecule has 30 heavy (non-hydrogen) atoms. The fraction of sp³-hybridized carbons (Fsp3) is 0.318. The van der Waals surface area contributed by atoms with Gasteiger partial charge in [-0.2, -0.15) is 0 Å². The molecule has 0 radical (unpaired) electrons. The predicted octanol–water partition coefficient (Wildman–Crippen LogP) is 3.51. The Balaban J connectivity index is 1.73. The van der Waals surface area contributed by atoms with Crippen molar-refractivity contribution in [1.82, 2.24) is 9.97 Å². The molecule has 1 fully saturated rings. The van der Waals surface area contributed by atoms with Gasteiger partial charge in [-0.3, -0.25) is 4.79 Å². The second-order valence-electron chi connectivity index (χ2n) is 6.95. The number of hydrogen-bond donors (Lipinski definition) is 1. The second-order valence-corrected chi connectivity index (χ2v) is 6.95. The zero-order valence-corrected chi connectivity index (χ0v) is 17.3. The van der Waals surface area contributed by atoms with Gasteiger partial charge in [-0.25, -0.2) is 9.97 Å². The van der Waals surface area contributed by atoms with E-state index in [9.17, 15) is 4.79 Å². The first-order chi connectivity index (χ1) is 14.6. The molecule has 1 N–H and O–H groups in total. The largest absolute Gasteiger partial charge is 0.493 e. The number of ether oxygens (including phenoxy) is 3. The molecule has 4 rings (SSSR count). The fourth-order valence-corrected chi connectivity index (χ4v) is 3.64. The molecule has 1 aliphatic rings. The first kappa shape index (κ1) is 19.8. The highest BCUT2D eigenvalue weighted by Gasteiger charge is 2.24. The van der Waals surface area contributed by atoms with Gasteiger partial charge in [-0.15, -0.1) is 0 Å². The van der Waals surface area contributed by atoms with Gasteiger partial charge in [-0.05, 0) is 25.0 Å². The van der Waals surface area contributed by atoms with Crippen LogP contribution in [0, 0.1) is 0 Å². The maximum atomic E-state index is 13.2. The molecule has 0 saturated carbocycles. The van der Waals surface area contributed by atoms with E-state index < -0.39 is 0 Å². The standard InChI is InChI=1S/C22H24N4O4/c1-28-17-12-14(13-18(29-2)20(17)30-3)23-22(27)19-21(26-10-6-7-11-26)25-16-9-5-4-8-15(16)24-19/h4-5,8-9,12-13H,6-7,10-11H2,1-3H3,(H,23,27). The van der Waals surface area contributed by atoms with Crippen LogP contribution >= 0.6 is 0 Å². The van der Waals surface area contributed by atoms with Crippen LogP contribution in [-0.4, -0.2) is 50.3 Å². The normalized spacial score (nSPS) is 13.4. The summed E-state index contributed by atoms with van der Waals surface area (Å²) in [5.41, 5.74) is 2.25. The maximum absolute atomic E-state index is 13.2. The van der Waals surface area contributed by atoms with Crippen molar-refractivity contribution in [3.05, 3.63) is 42.1 Å². The van der Waals surface area contributed by atoms with Gasteiger partial charge in [0.1, 0.15) is 0 Å². The Morgan fingerprint density at radius 3 is 2.10 bits per heavy atom. The Morgan fingerprint density at radius 1 is 0.933 bits per heavy atom. The number of fused-ring (bicyclic) bond motifs is 1. The Morgan fingerprint density at radius 2 is 1.53 bits per heavy atom. The lowest BCUT2D eigenvalue weighted by Gasteiger charge is -2.20. The van der Waals surface area contributed by atoms with E-state index in [1.807, 2.05) is 24.3 Å². The first-order valence-corrected chi connectivity index (χ1v) is 9.77. The molecular weight excluding hydrogens is 384 g/mol. The number of nitrogens with one attached hydrogen (secondary N) is 1. The summed E-state index contributed by atoms with van der Waals surface area (Å²) in [6.07, 6.45) is 2.14. The second kappa shape index (κ2) is 8.44. The number of nitrogens with zero attached hydrogens (tertiary/aromatic N) is 3. The number of anilines is 2. The molecule has 2 aromatic carbocycles. The molecule has 1 amide bonds. The highest BCUT2D eigenvalue weighted by Crippen LogP contribution is 2.40. The van der Waals surface area contributed by atoms with Gasteiger partial charge in [-0.1, -0.05) is 12.1 Å². The number of amides is 1. The lowest BCUT2D eigenvalue weighted by molar-refractivity contribution is 0.102. The molecule has 1 aliphatic heterocycles. The molecule has 3 aromatic rings. The van der Waals surface area contributed by atoms with Crippen molar-refractivity contribution >= 4 is 28.4 Å². The summed E-state index contributed by atoms with van der Waals surface area (Å²) in [5, 5.41) is 2.90. The number of aromatic nitrogens is 2. The van der Waals surface area contributed by atoms with Gasteiger partial charge in [0.15, 0.2) is 23.0 Å². The van der Waals surface area contributed by atoms with Crippen LogP contribution in [0.2, 0.25) is 0 Å². The molecule has 0 aliphatic carbocycles. The van der Waals surface area contributed by atoms with Crippen molar-refractivity contribution in [3.8, 4) is 17.2 Å². The van der Waals surface area contributed by atoms with Crippen LogP contribution in [0.5, 0.6) is 17.2 Å². The van der Waals surface area contributed by atoms with Gasteiger partial charge >= 0.3 is 0 Å². The predicted molar refractivity (Wildman–Crippen MR) is 115 cm³/mol. The number of rotatable bonds is 6. The summed E-state index contributed by atoms with van der Waals surface area (Å²) >= 11 is 0. The van der Waals surface area contributed by atoms with Crippen LogP contribution < -0.4 is 24.4 Å². The van der Waals surface area contributed by atoms with Gasteiger partial charge < -0.3 is 24.4 Å².